The van der Waals surface area contributed by atoms with Crippen LogP contribution in [0.4, 0.5) is 5.82 Å². The predicted molar refractivity (Wildman–Crippen MR) is 67.5 cm³/mol. The van der Waals surface area contributed by atoms with Gasteiger partial charge in [0.15, 0.2) is 11.6 Å². The van der Waals surface area contributed by atoms with Gasteiger partial charge in [-0.25, -0.2) is 9.97 Å². The lowest BCUT2D eigenvalue weighted by Gasteiger charge is -2.22. The Morgan fingerprint density at radius 1 is 1.47 bits per heavy atom. The molecule has 0 aromatic carbocycles. The van der Waals surface area contributed by atoms with Crippen LogP contribution < -0.4 is 10.6 Å². The Balaban J connectivity index is 1.71. The third-order valence-electron chi connectivity index (χ3n) is 3.07. The van der Waals surface area contributed by atoms with E-state index in [1.807, 2.05) is 0 Å². The van der Waals surface area contributed by atoms with E-state index in [2.05, 4.69) is 25.6 Å². The van der Waals surface area contributed by atoms with Gasteiger partial charge in [-0.1, -0.05) is 0 Å². The fraction of sp³-hybridized carbons (Fsp3) is 0.250. The smallest absolute Gasteiger partial charge is 0.243 e. The van der Waals surface area contributed by atoms with Crippen molar-refractivity contribution in [3.63, 3.8) is 0 Å². The van der Waals surface area contributed by atoms with Gasteiger partial charge in [-0.05, 0) is 12.1 Å². The quantitative estimate of drug-likeness (QED) is 0.615. The summed E-state index contributed by atoms with van der Waals surface area (Å²) in [7, 11) is 0. The number of aromatic amines is 1. The van der Waals surface area contributed by atoms with Crippen LogP contribution in [-0.4, -0.2) is 32.0 Å². The largest absolute Gasteiger partial charge is 0.504 e. The number of amides is 1. The van der Waals surface area contributed by atoms with E-state index < -0.39 is 0 Å². The molecule has 2 aromatic heterocycles. The van der Waals surface area contributed by atoms with Gasteiger partial charge in [0, 0.05) is 19.2 Å². The summed E-state index contributed by atoms with van der Waals surface area (Å²) in [6.07, 6.45) is 3.64. The number of hydrogen-bond donors (Lipinski definition) is 4. The van der Waals surface area contributed by atoms with Crippen LogP contribution in [0.1, 0.15) is 11.4 Å². The molecular weight excluding hydrogens is 246 g/mol. The molecule has 0 aliphatic carbocycles. The summed E-state index contributed by atoms with van der Waals surface area (Å²) >= 11 is 0. The number of carbonyl (C=O) groups excluding carboxylic acids is 1. The lowest BCUT2D eigenvalue weighted by Crippen LogP contribution is -2.44. The fourth-order valence-electron chi connectivity index (χ4n) is 2.05. The van der Waals surface area contributed by atoms with E-state index in [-0.39, 0.29) is 23.5 Å². The molecule has 2 aromatic rings. The van der Waals surface area contributed by atoms with E-state index in [9.17, 15) is 9.90 Å². The van der Waals surface area contributed by atoms with E-state index in [1.54, 1.807) is 12.4 Å². The second kappa shape index (κ2) is 4.69. The van der Waals surface area contributed by atoms with Gasteiger partial charge in [0.25, 0.3) is 0 Å². The van der Waals surface area contributed by atoms with Gasteiger partial charge in [0.2, 0.25) is 5.91 Å². The minimum Gasteiger partial charge on any atom is -0.504 e. The summed E-state index contributed by atoms with van der Waals surface area (Å²) < 4.78 is 0. The maximum absolute atomic E-state index is 12.1. The highest BCUT2D eigenvalue weighted by atomic mass is 16.3. The monoisotopic (exact) mass is 259 g/mol. The van der Waals surface area contributed by atoms with Crippen molar-refractivity contribution >= 4 is 11.7 Å². The molecule has 3 heterocycles. The third-order valence-corrected chi connectivity index (χ3v) is 3.07. The number of nitrogens with zero attached hydrogens (tertiary/aromatic N) is 2. The van der Waals surface area contributed by atoms with Gasteiger partial charge in [0.05, 0.1) is 23.8 Å². The molecule has 0 saturated carbocycles. The summed E-state index contributed by atoms with van der Waals surface area (Å²) in [5.74, 6) is -0.114. The Hall–Kier alpha value is -2.41. The highest BCUT2D eigenvalue weighted by Gasteiger charge is 2.26. The number of hydrogen-bond acceptors (Lipinski definition) is 5. The minimum atomic E-state index is -0.378. The van der Waals surface area contributed by atoms with E-state index in [0.29, 0.717) is 13.0 Å². The number of aromatic hydroxyl groups is 1. The first-order valence-electron chi connectivity index (χ1n) is 5.93. The molecule has 1 unspecified atom stereocenters. The number of carbonyl (C=O) groups is 1. The SMILES string of the molecule is O=C(Nc1ncccc1O)C1Cc2nc[nH]c2CN1. The summed E-state index contributed by atoms with van der Waals surface area (Å²) in [5.41, 5.74) is 1.90. The van der Waals surface area contributed by atoms with Crippen LogP contribution in [0.3, 0.4) is 0 Å². The van der Waals surface area contributed by atoms with Gasteiger partial charge < -0.3 is 15.4 Å². The number of rotatable bonds is 2. The van der Waals surface area contributed by atoms with Gasteiger partial charge in [-0.15, -0.1) is 0 Å². The zero-order valence-corrected chi connectivity index (χ0v) is 10.1. The molecule has 1 amide bonds. The number of aromatic nitrogens is 3. The van der Waals surface area contributed by atoms with Crippen molar-refractivity contribution in [2.45, 2.75) is 19.0 Å². The van der Waals surface area contributed by atoms with Gasteiger partial charge in [-0.3, -0.25) is 10.1 Å². The molecular formula is C12H13N5O2. The normalized spacial score (nSPS) is 17.8. The number of nitrogens with one attached hydrogen (secondary N) is 3. The fourth-order valence-corrected chi connectivity index (χ4v) is 2.05. The second-order valence-electron chi connectivity index (χ2n) is 4.33. The van der Waals surface area contributed by atoms with E-state index in [1.165, 1.54) is 12.3 Å². The van der Waals surface area contributed by atoms with Crippen molar-refractivity contribution in [1.82, 2.24) is 20.3 Å². The Bertz CT molecular complexity index is 610. The molecule has 0 radical (unpaired) electrons. The first-order chi connectivity index (χ1) is 9.24. The van der Waals surface area contributed by atoms with E-state index >= 15 is 0 Å². The van der Waals surface area contributed by atoms with Crippen LogP contribution >= 0.6 is 0 Å². The number of H-pyrrole nitrogens is 1. The third kappa shape index (κ3) is 2.27. The summed E-state index contributed by atoms with van der Waals surface area (Å²) in [6, 6.07) is 2.69. The minimum absolute atomic E-state index is 0.0490. The number of anilines is 1. The topological polar surface area (TPSA) is 103 Å². The molecule has 0 spiro atoms. The van der Waals surface area contributed by atoms with E-state index in [4.69, 9.17) is 0 Å². The average Bonchev–Trinajstić information content (AvgIpc) is 2.88. The summed E-state index contributed by atoms with van der Waals surface area (Å²) in [4.78, 5) is 23.2. The standard InChI is InChI=1S/C12H13N5O2/c18-10-2-1-3-13-11(10)17-12(19)8-4-7-9(5-14-8)16-6-15-7/h1-3,6,8,14,18H,4-5H2,(H,15,16)(H,13,17,19). The van der Waals surface area contributed by atoms with Crippen LogP contribution in [0.15, 0.2) is 24.7 Å². The maximum atomic E-state index is 12.1. The molecule has 4 N–H and O–H groups in total. The van der Waals surface area contributed by atoms with Crippen LogP contribution in [0.25, 0.3) is 0 Å². The van der Waals surface area contributed by atoms with Gasteiger partial charge in [0.1, 0.15) is 0 Å². The Morgan fingerprint density at radius 3 is 3.21 bits per heavy atom. The number of imidazole rings is 1. The average molecular weight is 259 g/mol. The number of fused-ring (bicyclic) bond motifs is 1. The lowest BCUT2D eigenvalue weighted by molar-refractivity contribution is -0.118. The second-order valence-corrected chi connectivity index (χ2v) is 4.33. The maximum Gasteiger partial charge on any atom is 0.243 e. The molecule has 1 aliphatic rings. The number of pyridine rings is 1. The van der Waals surface area contributed by atoms with Crippen molar-refractivity contribution in [2.75, 3.05) is 5.32 Å². The Morgan fingerprint density at radius 2 is 2.37 bits per heavy atom. The van der Waals surface area contributed by atoms with Gasteiger partial charge >= 0.3 is 0 Å². The first-order valence-corrected chi connectivity index (χ1v) is 5.93. The zero-order valence-electron chi connectivity index (χ0n) is 10.1. The molecule has 1 atom stereocenters. The van der Waals surface area contributed by atoms with Crippen molar-refractivity contribution in [3.8, 4) is 5.75 Å². The lowest BCUT2D eigenvalue weighted by atomic mass is 10.0. The zero-order chi connectivity index (χ0) is 13.2. The summed E-state index contributed by atoms with van der Waals surface area (Å²) in [5, 5.41) is 15.3. The molecule has 1 aliphatic heterocycles. The molecule has 0 fully saturated rings. The Labute approximate surface area is 109 Å². The van der Waals surface area contributed by atoms with Crippen LogP contribution in [0, 0.1) is 0 Å². The van der Waals surface area contributed by atoms with Crippen LogP contribution in [0.2, 0.25) is 0 Å². The van der Waals surface area contributed by atoms with Crippen LogP contribution in [0.5, 0.6) is 5.75 Å². The summed E-state index contributed by atoms with van der Waals surface area (Å²) in [6.45, 7) is 0.571. The Kier molecular flexibility index (Phi) is 2.88. The molecule has 98 valence electrons. The highest BCUT2D eigenvalue weighted by Crippen LogP contribution is 2.19. The van der Waals surface area contributed by atoms with Crippen molar-refractivity contribution in [1.29, 1.82) is 0 Å². The molecule has 0 saturated heterocycles. The highest BCUT2D eigenvalue weighted by molar-refractivity contribution is 5.95. The van der Waals surface area contributed by atoms with Crippen molar-refractivity contribution in [2.24, 2.45) is 0 Å². The predicted octanol–water partition coefficient (Wildman–Crippen LogP) is 0.163. The molecule has 3 rings (SSSR count). The van der Waals surface area contributed by atoms with Crippen molar-refractivity contribution < 1.29 is 9.90 Å². The van der Waals surface area contributed by atoms with Gasteiger partial charge in [-0.2, -0.15) is 0 Å². The van der Waals surface area contributed by atoms with Crippen molar-refractivity contribution in [3.05, 3.63) is 36.0 Å². The molecule has 7 heteroatoms. The molecule has 7 nitrogen and oxygen atoms in total. The molecule has 0 bridgehead atoms. The molecule has 19 heavy (non-hydrogen) atoms. The van der Waals surface area contributed by atoms with Crippen LogP contribution in [-0.2, 0) is 17.8 Å². The van der Waals surface area contributed by atoms with E-state index in [0.717, 1.165) is 11.4 Å². The first kappa shape index (κ1) is 11.7.